The van der Waals surface area contributed by atoms with E-state index in [1.54, 1.807) is 13.2 Å². The van der Waals surface area contributed by atoms with Crippen LogP contribution in [0.3, 0.4) is 0 Å². The quantitative estimate of drug-likeness (QED) is 0.703. The van der Waals surface area contributed by atoms with Crippen LogP contribution in [0.1, 0.15) is 12.0 Å². The maximum absolute atomic E-state index is 12.0. The number of nitrogens with one attached hydrogen (secondary N) is 1. The molecule has 0 aliphatic heterocycles. The molecular formula is C13H19ClFNO2. The van der Waals surface area contributed by atoms with Gasteiger partial charge in [0, 0.05) is 32.2 Å². The van der Waals surface area contributed by atoms with Crippen LogP contribution in [0.15, 0.2) is 18.2 Å². The van der Waals surface area contributed by atoms with Crippen molar-refractivity contribution in [1.82, 2.24) is 5.32 Å². The minimum atomic E-state index is -0.383. The van der Waals surface area contributed by atoms with Crippen molar-refractivity contribution >= 4 is 11.6 Å². The van der Waals surface area contributed by atoms with Gasteiger partial charge in [-0.1, -0.05) is 23.7 Å². The lowest BCUT2D eigenvalue weighted by atomic mass is 10.2. The Labute approximate surface area is 112 Å². The van der Waals surface area contributed by atoms with E-state index < -0.39 is 0 Å². The zero-order valence-corrected chi connectivity index (χ0v) is 11.3. The molecule has 0 amide bonds. The Bertz CT molecular complexity index is 350. The molecule has 0 aromatic heterocycles. The van der Waals surface area contributed by atoms with Crippen molar-refractivity contribution in [3.8, 4) is 5.75 Å². The van der Waals surface area contributed by atoms with Gasteiger partial charge in [0.25, 0.3) is 0 Å². The van der Waals surface area contributed by atoms with Crippen LogP contribution >= 0.6 is 11.6 Å². The predicted octanol–water partition coefficient (Wildman–Crippen LogP) is 2.81. The lowest BCUT2D eigenvalue weighted by Gasteiger charge is -2.13. The van der Waals surface area contributed by atoms with Crippen LogP contribution in [0.4, 0.5) is 4.39 Å². The van der Waals surface area contributed by atoms with Crippen LogP contribution in [0.5, 0.6) is 5.75 Å². The monoisotopic (exact) mass is 275 g/mol. The number of alkyl halides is 1. The molecule has 0 spiro atoms. The molecule has 0 heterocycles. The predicted molar refractivity (Wildman–Crippen MR) is 71.1 cm³/mol. The average Bonchev–Trinajstić information content (AvgIpc) is 2.37. The van der Waals surface area contributed by atoms with Gasteiger partial charge in [0.1, 0.15) is 5.75 Å². The summed E-state index contributed by atoms with van der Waals surface area (Å²) in [5.41, 5.74) is 0.970. The molecule has 1 N–H and O–H groups in total. The van der Waals surface area contributed by atoms with Gasteiger partial charge in [-0.15, -0.1) is 0 Å². The summed E-state index contributed by atoms with van der Waals surface area (Å²) in [6, 6.07) is 5.58. The Kier molecular flexibility index (Phi) is 7.73. The van der Waals surface area contributed by atoms with E-state index in [4.69, 9.17) is 21.1 Å². The molecule has 1 rings (SSSR count). The minimum Gasteiger partial charge on any atom is -0.492 e. The van der Waals surface area contributed by atoms with E-state index in [9.17, 15) is 4.39 Å². The van der Waals surface area contributed by atoms with E-state index in [0.29, 0.717) is 37.0 Å². The van der Waals surface area contributed by atoms with Gasteiger partial charge in [0.05, 0.1) is 24.9 Å². The number of rotatable bonds is 9. The second-order valence-electron chi connectivity index (χ2n) is 3.79. The van der Waals surface area contributed by atoms with Crippen molar-refractivity contribution in [2.24, 2.45) is 0 Å². The number of hydrogen-bond acceptors (Lipinski definition) is 3. The minimum absolute atomic E-state index is 0.339. The van der Waals surface area contributed by atoms with E-state index in [2.05, 4.69) is 5.32 Å². The summed E-state index contributed by atoms with van der Waals surface area (Å²) in [7, 11) is 1.66. The van der Waals surface area contributed by atoms with E-state index in [-0.39, 0.29) is 6.67 Å². The Morgan fingerprint density at radius 2 is 2.17 bits per heavy atom. The molecule has 0 aliphatic rings. The molecular weight excluding hydrogens is 257 g/mol. The van der Waals surface area contributed by atoms with Crippen LogP contribution in [-0.2, 0) is 11.3 Å². The average molecular weight is 276 g/mol. The van der Waals surface area contributed by atoms with Crippen molar-refractivity contribution in [1.29, 1.82) is 0 Å². The zero-order chi connectivity index (χ0) is 13.2. The largest absolute Gasteiger partial charge is 0.492 e. The molecule has 0 unspecified atom stereocenters. The molecule has 1 aromatic carbocycles. The summed E-state index contributed by atoms with van der Waals surface area (Å²) >= 11 is 6.08. The molecule has 0 saturated heterocycles. The third kappa shape index (κ3) is 5.21. The van der Waals surface area contributed by atoms with Gasteiger partial charge in [-0.25, -0.2) is 0 Å². The fraction of sp³-hybridized carbons (Fsp3) is 0.538. The summed E-state index contributed by atoms with van der Waals surface area (Å²) in [4.78, 5) is 0. The molecule has 0 aliphatic carbocycles. The first-order valence-corrected chi connectivity index (χ1v) is 6.33. The van der Waals surface area contributed by atoms with Gasteiger partial charge >= 0.3 is 0 Å². The highest BCUT2D eigenvalue weighted by molar-refractivity contribution is 6.32. The molecule has 102 valence electrons. The molecule has 0 bridgehead atoms. The summed E-state index contributed by atoms with van der Waals surface area (Å²) in [6.07, 6.45) is 0.377. The van der Waals surface area contributed by atoms with E-state index in [1.807, 2.05) is 12.1 Å². The number of halogens is 2. The van der Waals surface area contributed by atoms with Crippen molar-refractivity contribution < 1.29 is 13.9 Å². The van der Waals surface area contributed by atoms with Crippen LogP contribution in [0.2, 0.25) is 5.02 Å². The lowest BCUT2D eigenvalue weighted by molar-refractivity contribution is 0.199. The van der Waals surface area contributed by atoms with Crippen molar-refractivity contribution in [3.05, 3.63) is 28.8 Å². The van der Waals surface area contributed by atoms with Crippen LogP contribution in [0, 0.1) is 0 Å². The van der Waals surface area contributed by atoms with Gasteiger partial charge in [0.2, 0.25) is 0 Å². The maximum Gasteiger partial charge on any atom is 0.142 e. The van der Waals surface area contributed by atoms with Crippen molar-refractivity contribution in [3.63, 3.8) is 0 Å². The Hall–Kier alpha value is -0.840. The van der Waals surface area contributed by atoms with Crippen LogP contribution < -0.4 is 10.1 Å². The Balaban J connectivity index is 2.56. The van der Waals surface area contributed by atoms with Gasteiger partial charge in [-0.05, 0) is 6.07 Å². The maximum atomic E-state index is 12.0. The normalized spacial score (nSPS) is 10.6. The molecule has 0 fully saturated rings. The number of ether oxygens (including phenoxy) is 2. The van der Waals surface area contributed by atoms with E-state index >= 15 is 0 Å². The molecule has 3 nitrogen and oxygen atoms in total. The second kappa shape index (κ2) is 9.14. The summed E-state index contributed by atoms with van der Waals surface area (Å²) < 4.78 is 22.5. The summed E-state index contributed by atoms with van der Waals surface area (Å²) in [5, 5.41) is 3.78. The molecule has 0 saturated carbocycles. The molecule has 0 atom stereocenters. The SMILES string of the molecule is COCCNCc1cccc(Cl)c1OCCCF. The van der Waals surface area contributed by atoms with Gasteiger partial charge in [0.15, 0.2) is 0 Å². The van der Waals surface area contributed by atoms with Crippen LogP contribution in [0.25, 0.3) is 0 Å². The first kappa shape index (κ1) is 15.2. The van der Waals surface area contributed by atoms with Crippen molar-refractivity contribution in [2.45, 2.75) is 13.0 Å². The number of hydrogen-bond donors (Lipinski definition) is 1. The third-order valence-electron chi connectivity index (χ3n) is 2.37. The fourth-order valence-electron chi connectivity index (χ4n) is 1.48. The fourth-order valence-corrected chi connectivity index (χ4v) is 1.73. The first-order valence-electron chi connectivity index (χ1n) is 5.95. The number of methoxy groups -OCH3 is 1. The standard InChI is InChI=1S/C13H19ClFNO2/c1-17-9-7-16-10-11-4-2-5-12(14)13(11)18-8-3-6-15/h2,4-5,16H,3,6-10H2,1H3. The second-order valence-corrected chi connectivity index (χ2v) is 4.20. The van der Waals surface area contributed by atoms with E-state index in [1.165, 1.54) is 0 Å². The van der Waals surface area contributed by atoms with Crippen LogP contribution in [-0.4, -0.2) is 33.5 Å². The third-order valence-corrected chi connectivity index (χ3v) is 2.67. The molecule has 18 heavy (non-hydrogen) atoms. The molecule has 1 aromatic rings. The van der Waals surface area contributed by atoms with Gasteiger partial charge in [-0.2, -0.15) is 0 Å². The highest BCUT2D eigenvalue weighted by atomic mass is 35.5. The Morgan fingerprint density at radius 1 is 1.33 bits per heavy atom. The molecule has 0 radical (unpaired) electrons. The highest BCUT2D eigenvalue weighted by Gasteiger charge is 2.07. The van der Waals surface area contributed by atoms with E-state index in [0.717, 1.165) is 12.1 Å². The smallest absolute Gasteiger partial charge is 0.142 e. The van der Waals surface area contributed by atoms with Crippen molar-refractivity contribution in [2.75, 3.05) is 33.5 Å². The highest BCUT2D eigenvalue weighted by Crippen LogP contribution is 2.28. The topological polar surface area (TPSA) is 30.5 Å². The van der Waals surface area contributed by atoms with Gasteiger partial charge in [-0.3, -0.25) is 4.39 Å². The Morgan fingerprint density at radius 3 is 2.89 bits per heavy atom. The lowest BCUT2D eigenvalue weighted by Crippen LogP contribution is -2.19. The molecule has 5 heteroatoms. The van der Waals surface area contributed by atoms with Gasteiger partial charge < -0.3 is 14.8 Å². The first-order chi connectivity index (χ1) is 8.79. The number of benzene rings is 1. The summed E-state index contributed by atoms with van der Waals surface area (Å²) in [6.45, 7) is 2.01. The zero-order valence-electron chi connectivity index (χ0n) is 10.5. The summed E-state index contributed by atoms with van der Waals surface area (Å²) in [5.74, 6) is 0.637. The number of para-hydroxylation sites is 1.